The van der Waals surface area contributed by atoms with E-state index in [2.05, 4.69) is 21.2 Å². The summed E-state index contributed by atoms with van der Waals surface area (Å²) in [7, 11) is -4.31. The van der Waals surface area contributed by atoms with E-state index in [0.29, 0.717) is 13.0 Å². The van der Waals surface area contributed by atoms with Gasteiger partial charge in [-0.1, -0.05) is 59.3 Å². The monoisotopic (exact) mass is 616 g/mol. The van der Waals surface area contributed by atoms with Gasteiger partial charge in [0.15, 0.2) is 0 Å². The molecule has 0 aromatic heterocycles. The van der Waals surface area contributed by atoms with Crippen LogP contribution >= 0.6 is 15.9 Å². The molecule has 0 spiro atoms. The number of sulfonamides is 1. The van der Waals surface area contributed by atoms with E-state index in [1.54, 1.807) is 49.4 Å². The van der Waals surface area contributed by atoms with E-state index in [4.69, 9.17) is 0 Å². The van der Waals surface area contributed by atoms with Crippen molar-refractivity contribution in [3.8, 4) is 0 Å². The summed E-state index contributed by atoms with van der Waals surface area (Å²) < 4.78 is 29.1. The zero-order valence-electron chi connectivity index (χ0n) is 21.5. The third-order valence-electron chi connectivity index (χ3n) is 5.92. The molecule has 3 aromatic carbocycles. The summed E-state index contributed by atoms with van der Waals surface area (Å²) >= 11 is 3.37. The van der Waals surface area contributed by atoms with E-state index in [1.165, 1.54) is 35.2 Å². The van der Waals surface area contributed by atoms with Crippen LogP contribution in [0.1, 0.15) is 25.8 Å². The van der Waals surface area contributed by atoms with Gasteiger partial charge in [-0.25, -0.2) is 8.42 Å². The van der Waals surface area contributed by atoms with Gasteiger partial charge in [0, 0.05) is 29.7 Å². The van der Waals surface area contributed by atoms with Crippen LogP contribution in [0.5, 0.6) is 0 Å². The molecule has 0 heterocycles. The molecule has 39 heavy (non-hydrogen) atoms. The normalized spacial score (nSPS) is 11.9. The average Bonchev–Trinajstić information content (AvgIpc) is 2.94. The Kier molecular flexibility index (Phi) is 10.2. The van der Waals surface area contributed by atoms with Crippen LogP contribution in [0, 0.1) is 10.1 Å². The third kappa shape index (κ3) is 7.64. The van der Waals surface area contributed by atoms with Gasteiger partial charge in [0.1, 0.15) is 12.6 Å². The highest BCUT2D eigenvalue weighted by Gasteiger charge is 2.33. The third-order valence-corrected chi connectivity index (χ3v) is 8.24. The first-order chi connectivity index (χ1) is 18.5. The summed E-state index contributed by atoms with van der Waals surface area (Å²) in [4.78, 5) is 38.7. The lowest BCUT2D eigenvalue weighted by Gasteiger charge is -2.32. The Morgan fingerprint density at radius 3 is 2.31 bits per heavy atom. The van der Waals surface area contributed by atoms with Crippen LogP contribution in [0.2, 0.25) is 0 Å². The number of anilines is 1. The van der Waals surface area contributed by atoms with Crippen molar-refractivity contribution in [1.82, 2.24) is 10.2 Å². The molecular formula is C27H29BrN4O6S. The SMILES string of the molecule is CCCNC(=O)C(C)N(Cc1ccc(Br)cc1)C(=O)CN(c1cccc([N+](=O)[O-])c1)S(=O)(=O)c1ccccc1. The number of amides is 2. The highest BCUT2D eigenvalue weighted by Crippen LogP contribution is 2.27. The fourth-order valence-electron chi connectivity index (χ4n) is 3.78. The molecule has 12 heteroatoms. The maximum atomic E-state index is 13.8. The molecule has 3 rings (SSSR count). The fraction of sp³-hybridized carbons (Fsp3) is 0.259. The molecule has 10 nitrogen and oxygen atoms in total. The first-order valence-electron chi connectivity index (χ1n) is 12.2. The molecule has 0 aliphatic carbocycles. The van der Waals surface area contributed by atoms with Gasteiger partial charge in [-0.05, 0) is 49.2 Å². The van der Waals surface area contributed by atoms with E-state index in [0.717, 1.165) is 20.4 Å². The average molecular weight is 618 g/mol. The molecule has 1 unspecified atom stereocenters. The Morgan fingerprint density at radius 2 is 1.69 bits per heavy atom. The van der Waals surface area contributed by atoms with E-state index in [9.17, 15) is 28.1 Å². The van der Waals surface area contributed by atoms with Crippen LogP contribution in [0.3, 0.4) is 0 Å². The van der Waals surface area contributed by atoms with Gasteiger partial charge in [0.05, 0.1) is 15.5 Å². The summed E-state index contributed by atoms with van der Waals surface area (Å²) in [6.07, 6.45) is 0.703. The minimum Gasteiger partial charge on any atom is -0.354 e. The van der Waals surface area contributed by atoms with Gasteiger partial charge in [0.2, 0.25) is 11.8 Å². The molecule has 0 aliphatic heterocycles. The van der Waals surface area contributed by atoms with Crippen molar-refractivity contribution >= 4 is 49.1 Å². The van der Waals surface area contributed by atoms with Crippen LogP contribution < -0.4 is 9.62 Å². The number of halogens is 1. The molecule has 0 radical (unpaired) electrons. The number of rotatable bonds is 12. The summed E-state index contributed by atoms with van der Waals surface area (Å²) in [6.45, 7) is 3.26. The number of hydrogen-bond donors (Lipinski definition) is 1. The molecule has 0 saturated heterocycles. The molecule has 2 amide bonds. The van der Waals surface area contributed by atoms with Gasteiger partial charge in [0.25, 0.3) is 15.7 Å². The lowest BCUT2D eigenvalue weighted by Crippen LogP contribution is -2.51. The number of nitro benzene ring substituents is 1. The van der Waals surface area contributed by atoms with Crippen molar-refractivity contribution in [3.05, 3.63) is 99.0 Å². The van der Waals surface area contributed by atoms with Gasteiger partial charge >= 0.3 is 0 Å². The molecule has 1 N–H and O–H groups in total. The fourth-order valence-corrected chi connectivity index (χ4v) is 5.47. The minimum atomic E-state index is -4.31. The summed E-state index contributed by atoms with van der Waals surface area (Å²) in [6, 6.07) is 18.8. The second kappa shape index (κ2) is 13.3. The number of benzene rings is 3. The van der Waals surface area contributed by atoms with Crippen LogP contribution in [-0.2, 0) is 26.2 Å². The minimum absolute atomic E-state index is 0.0426. The van der Waals surface area contributed by atoms with Crippen LogP contribution in [0.4, 0.5) is 11.4 Å². The second-order valence-electron chi connectivity index (χ2n) is 8.72. The predicted octanol–water partition coefficient (Wildman–Crippen LogP) is 4.50. The zero-order chi connectivity index (χ0) is 28.6. The molecule has 0 bridgehead atoms. The maximum absolute atomic E-state index is 13.8. The van der Waals surface area contributed by atoms with E-state index >= 15 is 0 Å². The zero-order valence-corrected chi connectivity index (χ0v) is 23.9. The molecular weight excluding hydrogens is 588 g/mol. The summed E-state index contributed by atoms with van der Waals surface area (Å²) in [5, 5.41) is 14.2. The number of nitrogens with one attached hydrogen (secondary N) is 1. The number of non-ortho nitro benzene ring substituents is 1. The quantitative estimate of drug-likeness (QED) is 0.236. The first-order valence-corrected chi connectivity index (χ1v) is 14.4. The standard InChI is InChI=1S/C27H29BrN4O6S/c1-3-16-29-27(34)20(2)30(18-21-12-14-22(28)15-13-21)26(33)19-31(23-8-7-9-24(17-23)32(35)36)39(37,38)25-10-5-4-6-11-25/h4-15,17,20H,3,16,18-19H2,1-2H3,(H,29,34). The number of carbonyl (C=O) groups is 2. The van der Waals surface area contributed by atoms with Gasteiger partial charge in [-0.15, -0.1) is 0 Å². The maximum Gasteiger partial charge on any atom is 0.271 e. The smallest absolute Gasteiger partial charge is 0.271 e. The summed E-state index contributed by atoms with van der Waals surface area (Å²) in [5.41, 5.74) is 0.356. The van der Waals surface area contributed by atoms with Crippen molar-refractivity contribution < 1.29 is 22.9 Å². The van der Waals surface area contributed by atoms with Crippen molar-refractivity contribution in [2.75, 3.05) is 17.4 Å². The van der Waals surface area contributed by atoms with Crippen LogP contribution in [-0.4, -0.2) is 49.2 Å². The molecule has 1 atom stereocenters. The Morgan fingerprint density at radius 1 is 1.03 bits per heavy atom. The van der Waals surface area contributed by atoms with E-state index in [1.807, 2.05) is 6.92 Å². The Balaban J connectivity index is 2.04. The molecule has 206 valence electrons. The van der Waals surface area contributed by atoms with Crippen LogP contribution in [0.15, 0.2) is 88.2 Å². The largest absolute Gasteiger partial charge is 0.354 e. The highest BCUT2D eigenvalue weighted by atomic mass is 79.9. The van der Waals surface area contributed by atoms with Gasteiger partial charge < -0.3 is 10.2 Å². The topological polar surface area (TPSA) is 130 Å². The molecule has 0 aliphatic rings. The second-order valence-corrected chi connectivity index (χ2v) is 11.5. The van der Waals surface area contributed by atoms with Crippen molar-refractivity contribution in [2.45, 2.75) is 37.8 Å². The summed E-state index contributed by atoms with van der Waals surface area (Å²) in [5.74, 6) is -1.03. The Hall–Kier alpha value is -3.77. The Labute approximate surface area is 236 Å². The van der Waals surface area contributed by atoms with Gasteiger partial charge in [-0.2, -0.15) is 0 Å². The highest BCUT2D eigenvalue weighted by molar-refractivity contribution is 9.10. The lowest BCUT2D eigenvalue weighted by atomic mass is 10.1. The van der Waals surface area contributed by atoms with Crippen LogP contribution in [0.25, 0.3) is 0 Å². The Bertz CT molecular complexity index is 1420. The number of carbonyl (C=O) groups excluding carboxylic acids is 2. The van der Waals surface area contributed by atoms with Crippen molar-refractivity contribution in [2.24, 2.45) is 0 Å². The number of nitro groups is 1. The van der Waals surface area contributed by atoms with Gasteiger partial charge in [-0.3, -0.25) is 24.0 Å². The predicted molar refractivity (Wildman–Crippen MR) is 152 cm³/mol. The molecule has 0 saturated carbocycles. The molecule has 3 aromatic rings. The van der Waals surface area contributed by atoms with Crippen molar-refractivity contribution in [3.63, 3.8) is 0 Å². The number of nitrogens with zero attached hydrogens (tertiary/aromatic N) is 3. The lowest BCUT2D eigenvalue weighted by molar-refractivity contribution is -0.384. The molecule has 0 fully saturated rings. The number of hydrogen-bond acceptors (Lipinski definition) is 6. The van der Waals surface area contributed by atoms with E-state index < -0.39 is 33.4 Å². The van der Waals surface area contributed by atoms with Crippen molar-refractivity contribution in [1.29, 1.82) is 0 Å². The first kappa shape index (κ1) is 29.8. The van der Waals surface area contributed by atoms with E-state index in [-0.39, 0.29) is 28.7 Å².